The van der Waals surface area contributed by atoms with Gasteiger partial charge in [-0.1, -0.05) is 86.6 Å². The van der Waals surface area contributed by atoms with E-state index in [0.29, 0.717) is 17.8 Å². The van der Waals surface area contributed by atoms with Crippen LogP contribution in [0.25, 0.3) is 11.1 Å². The monoisotopic (exact) mass is 1200 g/mol. The van der Waals surface area contributed by atoms with E-state index in [1.807, 2.05) is 53.4 Å². The van der Waals surface area contributed by atoms with Gasteiger partial charge < -0.3 is 74.9 Å². The number of phenolic OH excluding ortho intramolecular Hbond substituents is 2. The Bertz CT molecular complexity index is 3440. The molecule has 87 heavy (non-hydrogen) atoms. The maximum Gasteiger partial charge on any atom is 0.407 e. The average molecular weight is 1200 g/mol. The molecule has 460 valence electrons. The van der Waals surface area contributed by atoms with Crippen LogP contribution in [-0.2, 0) is 55.8 Å². The number of aromatic hydroxyl groups is 2. The molecule has 2 saturated heterocycles. The van der Waals surface area contributed by atoms with Gasteiger partial charge in [0.05, 0.1) is 55.3 Å². The zero-order valence-electron chi connectivity index (χ0n) is 49.0. The Morgan fingerprint density at radius 3 is 2.15 bits per heavy atom. The van der Waals surface area contributed by atoms with Crippen LogP contribution in [0.15, 0.2) is 91.0 Å². The summed E-state index contributed by atoms with van der Waals surface area (Å²) < 4.78 is 40.9. The molecule has 5 aliphatic rings. The molecule has 23 nitrogen and oxygen atoms in total. The minimum atomic E-state index is -2.11. The van der Waals surface area contributed by atoms with Crippen molar-refractivity contribution < 1.29 is 87.1 Å². The summed E-state index contributed by atoms with van der Waals surface area (Å²) in [5, 5.41) is 57.7. The Labute approximate surface area is 501 Å². The number of fused-ring (bicyclic) bond motifs is 6. The summed E-state index contributed by atoms with van der Waals surface area (Å²) >= 11 is 0. The highest BCUT2D eigenvalue weighted by molar-refractivity contribution is 6.31. The molecule has 3 aliphatic carbocycles. The molecule has 0 radical (unpaired) electrons. The number of aliphatic hydroxyl groups is 2. The first-order valence-corrected chi connectivity index (χ1v) is 28.9. The quantitative estimate of drug-likeness (QED) is 0.0357. The number of methoxy groups -OCH3 is 1. The number of hydrogen-bond donors (Lipinski definition) is 8. The number of morpholine rings is 1. The van der Waals surface area contributed by atoms with Crippen molar-refractivity contribution in [2.45, 2.75) is 121 Å². The van der Waals surface area contributed by atoms with Gasteiger partial charge in [-0.2, -0.15) is 0 Å². The largest absolute Gasteiger partial charge is 0.507 e. The summed E-state index contributed by atoms with van der Waals surface area (Å²) in [6.45, 7) is 8.72. The van der Waals surface area contributed by atoms with E-state index >= 15 is 0 Å². The van der Waals surface area contributed by atoms with Crippen molar-refractivity contribution in [2.24, 2.45) is 5.92 Å². The highest BCUT2D eigenvalue weighted by Crippen LogP contribution is 2.53. The van der Waals surface area contributed by atoms with Gasteiger partial charge in [0.15, 0.2) is 24.1 Å². The van der Waals surface area contributed by atoms with Crippen LogP contribution in [0.2, 0.25) is 0 Å². The molecule has 5 aromatic rings. The highest BCUT2D eigenvalue weighted by atomic mass is 16.7. The zero-order chi connectivity index (χ0) is 62.0. The van der Waals surface area contributed by atoms with Crippen LogP contribution in [-0.4, -0.2) is 162 Å². The first-order chi connectivity index (χ1) is 41.7. The van der Waals surface area contributed by atoms with Gasteiger partial charge in [0.25, 0.3) is 0 Å². The third-order valence-corrected chi connectivity index (χ3v) is 16.8. The third kappa shape index (κ3) is 12.8. The Balaban J connectivity index is 0.666. The molecule has 0 spiro atoms. The number of rotatable bonds is 19. The number of alkyl carbamates (subject to hydrolysis) is 2. The molecule has 10 rings (SSSR count). The van der Waals surface area contributed by atoms with Gasteiger partial charge in [-0.25, -0.2) is 9.59 Å². The van der Waals surface area contributed by atoms with Crippen molar-refractivity contribution in [1.29, 1.82) is 0 Å². The van der Waals surface area contributed by atoms with Gasteiger partial charge in [-0.15, -0.1) is 0 Å². The number of benzene rings is 5. The fourth-order valence-electron chi connectivity index (χ4n) is 12.2. The van der Waals surface area contributed by atoms with E-state index in [1.54, 1.807) is 45.0 Å². The number of ether oxygens (including phenoxy) is 7. The number of carbonyl (C=O) groups is 7. The number of phenols is 2. The number of aliphatic hydroxyl groups excluding tert-OH is 1. The molecule has 0 unspecified atom stereocenters. The SMILES string of the molecule is COc1cccc2c1C(=O)c1c(O)c3c(c(O)c1C2=O)C[C@@](O)(C(C)=O)C[C@@H]3O[C@H]1C[C@H](N2CCO[C@H](OCCNC(=O)OCc3ccc(NC(=O)[C@H](C)NC(=O)[C@@H](NC(=O)OCC4c5ccccc5-c5ccccc54)C(C)C)cc3)C2)[C@H](O)[C@H](C)O1. The smallest absolute Gasteiger partial charge is 0.407 e. The molecular formula is C64H71N5O18. The molecule has 9 atom stereocenters. The lowest BCUT2D eigenvalue weighted by Crippen LogP contribution is -2.59. The van der Waals surface area contributed by atoms with E-state index in [9.17, 15) is 54.0 Å². The average Bonchev–Trinajstić information content (AvgIpc) is 1.32. The van der Waals surface area contributed by atoms with Gasteiger partial charge in [0, 0.05) is 73.2 Å². The number of nitrogens with zero attached hydrogens (tertiary/aromatic N) is 1. The summed E-state index contributed by atoms with van der Waals surface area (Å²) in [6.07, 6.45) is -7.43. The van der Waals surface area contributed by atoms with E-state index in [0.717, 1.165) is 22.3 Å². The maximum atomic E-state index is 14.1. The fourth-order valence-corrected chi connectivity index (χ4v) is 12.2. The first kappa shape index (κ1) is 61.8. The van der Waals surface area contributed by atoms with Gasteiger partial charge in [-0.05, 0) is 72.7 Å². The topological polar surface area (TPSA) is 316 Å². The third-order valence-electron chi connectivity index (χ3n) is 16.8. The van der Waals surface area contributed by atoms with Crippen LogP contribution < -0.4 is 26.0 Å². The second-order valence-corrected chi connectivity index (χ2v) is 22.8. The maximum absolute atomic E-state index is 14.1. The molecule has 23 heteroatoms. The van der Waals surface area contributed by atoms with E-state index < -0.39 is 131 Å². The molecule has 2 fully saturated rings. The molecule has 0 saturated carbocycles. The second-order valence-electron chi connectivity index (χ2n) is 22.8. The first-order valence-electron chi connectivity index (χ1n) is 28.9. The number of carbonyl (C=O) groups excluding carboxylic acids is 7. The summed E-state index contributed by atoms with van der Waals surface area (Å²) in [5.74, 6) is -5.02. The molecule has 2 aliphatic heterocycles. The minimum absolute atomic E-state index is 0.0270. The van der Waals surface area contributed by atoms with Crippen molar-refractivity contribution >= 4 is 47.0 Å². The normalized spacial score (nSPS) is 23.0. The molecule has 0 bridgehead atoms. The number of nitrogens with one attached hydrogen (secondary N) is 4. The molecule has 5 aromatic carbocycles. The van der Waals surface area contributed by atoms with E-state index in [2.05, 4.69) is 21.3 Å². The van der Waals surface area contributed by atoms with Crippen molar-refractivity contribution in [3.05, 3.63) is 141 Å². The van der Waals surface area contributed by atoms with Crippen molar-refractivity contribution in [2.75, 3.05) is 51.9 Å². The van der Waals surface area contributed by atoms with E-state index in [-0.39, 0.29) is 85.8 Å². The van der Waals surface area contributed by atoms with E-state index in [4.69, 9.17) is 33.2 Å². The fraction of sp³-hybridized carbons (Fsp3) is 0.422. The van der Waals surface area contributed by atoms with Crippen LogP contribution in [0.3, 0.4) is 0 Å². The predicted octanol–water partition coefficient (Wildman–Crippen LogP) is 5.68. The summed E-state index contributed by atoms with van der Waals surface area (Å²) in [7, 11) is 1.33. The van der Waals surface area contributed by atoms with Gasteiger partial charge in [-0.3, -0.25) is 28.9 Å². The zero-order valence-corrected chi connectivity index (χ0v) is 49.0. The van der Waals surface area contributed by atoms with Crippen LogP contribution in [0.4, 0.5) is 15.3 Å². The van der Waals surface area contributed by atoms with Crippen LogP contribution in [0.5, 0.6) is 17.2 Å². The minimum Gasteiger partial charge on any atom is -0.507 e. The number of ketones is 3. The summed E-state index contributed by atoms with van der Waals surface area (Å²) in [6, 6.07) is 24.3. The molecule has 0 aromatic heterocycles. The van der Waals surface area contributed by atoms with Crippen LogP contribution in [0, 0.1) is 5.92 Å². The van der Waals surface area contributed by atoms with Gasteiger partial charge >= 0.3 is 12.2 Å². The Kier molecular flexibility index (Phi) is 18.4. The van der Waals surface area contributed by atoms with Crippen molar-refractivity contribution in [3.63, 3.8) is 0 Å². The van der Waals surface area contributed by atoms with Crippen LogP contribution >= 0.6 is 0 Å². The van der Waals surface area contributed by atoms with Crippen molar-refractivity contribution in [3.8, 4) is 28.4 Å². The Morgan fingerprint density at radius 1 is 0.793 bits per heavy atom. The molecular weight excluding hydrogens is 1130 g/mol. The lowest BCUT2D eigenvalue weighted by atomic mass is 9.72. The lowest BCUT2D eigenvalue weighted by molar-refractivity contribution is -0.267. The number of anilines is 1. The van der Waals surface area contributed by atoms with Crippen LogP contribution in [0.1, 0.15) is 119 Å². The number of Topliss-reactive ketones (excluding diaryl/α,β-unsaturated/α-hetero) is 1. The molecule has 8 N–H and O–H groups in total. The summed E-state index contributed by atoms with van der Waals surface area (Å²) in [4.78, 5) is 95.4. The predicted molar refractivity (Wildman–Crippen MR) is 311 cm³/mol. The summed E-state index contributed by atoms with van der Waals surface area (Å²) in [5.41, 5.74) is 1.89. The second kappa shape index (κ2) is 26.0. The standard InChI is InChI=1S/C64H71N5O18/c1-32(2)54(68-63(79)85-31-44-40-14-9-7-12-38(40)39-13-8-10-15-41(39)44)61(77)66-33(3)60(76)67-37-20-18-36(19-21-37)30-84-62(78)65-22-24-82-49-29-69(23-25-83-49)45-26-48(86-34(4)55(45)71)87-47-28-64(80,35(5)70)27-43-51(47)59(75)53-52(57(43)73)56(72)42-16-11-17-46(81-6)50(42)58(53)74/h7-21,32-34,44-45,47-49,54-55,71,73,75,80H,22-31H2,1-6H3,(H,65,78)(H,66,77)(H,67,76)(H,68,79)/t33-,34-,45-,47-,48-,49-,54-,55+,64-/m0/s1. The highest BCUT2D eigenvalue weighted by Gasteiger charge is 2.50. The van der Waals surface area contributed by atoms with Gasteiger partial charge in [0.2, 0.25) is 17.6 Å². The molecule has 4 amide bonds. The Morgan fingerprint density at radius 2 is 1.47 bits per heavy atom. The molecule has 2 heterocycles. The van der Waals surface area contributed by atoms with Crippen molar-refractivity contribution in [1.82, 2.24) is 20.9 Å². The number of amides is 4. The number of hydrogen-bond acceptors (Lipinski definition) is 19. The lowest BCUT2D eigenvalue weighted by Gasteiger charge is -2.47. The van der Waals surface area contributed by atoms with Gasteiger partial charge in [0.1, 0.15) is 48.1 Å². The van der Waals surface area contributed by atoms with E-state index in [1.165, 1.54) is 39.2 Å². The Hall–Kier alpha value is -8.29.